The Hall–Kier alpha value is -7.21. The van der Waals surface area contributed by atoms with Crippen molar-refractivity contribution >= 4 is 86.7 Å². The first-order valence-electron chi connectivity index (χ1n) is 24.7. The van der Waals surface area contributed by atoms with Crippen LogP contribution in [0.15, 0.2) is 187 Å². The second-order valence-electron chi connectivity index (χ2n) is 20.4. The Morgan fingerprint density at radius 1 is 0.583 bits per heavy atom. The fourth-order valence-electron chi connectivity index (χ4n) is 10.3. The molecule has 0 N–H and O–H groups in total. The van der Waals surface area contributed by atoms with E-state index < -0.39 is 0 Å². The van der Waals surface area contributed by atoms with Crippen molar-refractivity contribution < 1.29 is 24.5 Å². The Balaban J connectivity index is 0.000000282. The van der Waals surface area contributed by atoms with Gasteiger partial charge in [0.1, 0.15) is 5.58 Å². The number of hydrogen-bond acceptors (Lipinski definition) is 4. The Labute approximate surface area is 438 Å². The summed E-state index contributed by atoms with van der Waals surface area (Å²) in [5.41, 5.74) is 13.1. The maximum atomic E-state index is 6.95. The molecule has 4 aromatic heterocycles. The number of imidazole rings is 1. The number of furan rings is 1. The molecule has 355 valence electrons. The van der Waals surface area contributed by atoms with Crippen LogP contribution in [0.25, 0.3) is 114 Å². The molecule has 0 aliphatic heterocycles. The monoisotopic (exact) mass is 1130 g/mol. The predicted octanol–water partition coefficient (Wildman–Crippen LogP) is 18.8. The average Bonchev–Trinajstić information content (AvgIpc) is 4.12. The zero-order chi connectivity index (χ0) is 48.5. The summed E-state index contributed by atoms with van der Waals surface area (Å²) in [7, 11) is 0. The largest absolute Gasteiger partial charge is 0.501 e. The van der Waals surface area contributed by atoms with Crippen molar-refractivity contribution in [2.45, 2.75) is 65.7 Å². The SMILES string of the molecule is CC(C)(C)c1ccnc(-c2[c-]cccc2)c1.CC(C)c1cc(-c2cc3ccccc3s2)cc(C(C)C)c1-n1c(-c2[c-]ccc3c2oc2cc4c(ccc5ccccc54)cc23)nc2ccc3ccccc3c21.[Ir]. The van der Waals surface area contributed by atoms with E-state index in [1.165, 1.54) is 75.2 Å². The summed E-state index contributed by atoms with van der Waals surface area (Å²) in [5, 5.41) is 10.6. The fourth-order valence-corrected chi connectivity index (χ4v) is 11.4. The number of pyridine rings is 1. The molecule has 72 heavy (non-hydrogen) atoms. The molecule has 0 unspecified atom stereocenters. The summed E-state index contributed by atoms with van der Waals surface area (Å²) < 4.78 is 10.7. The molecule has 6 heteroatoms. The summed E-state index contributed by atoms with van der Waals surface area (Å²) >= 11 is 1.87. The maximum Gasteiger partial charge on any atom is 0.121 e. The second kappa shape index (κ2) is 18.8. The van der Waals surface area contributed by atoms with Gasteiger partial charge in [-0.3, -0.25) is 4.98 Å². The fraction of sp³-hybridized carbons (Fsp3) is 0.152. The second-order valence-corrected chi connectivity index (χ2v) is 21.5. The number of aromatic nitrogens is 3. The van der Waals surface area contributed by atoms with Gasteiger partial charge < -0.3 is 14.0 Å². The molecule has 0 saturated carbocycles. The minimum Gasteiger partial charge on any atom is -0.501 e. The first-order valence-corrected chi connectivity index (χ1v) is 25.5. The molecule has 0 spiro atoms. The molecule has 0 amide bonds. The number of hydrogen-bond donors (Lipinski definition) is 0. The van der Waals surface area contributed by atoms with Gasteiger partial charge >= 0.3 is 0 Å². The van der Waals surface area contributed by atoms with Crippen molar-refractivity contribution in [1.29, 1.82) is 0 Å². The summed E-state index contributed by atoms with van der Waals surface area (Å²) in [4.78, 5) is 11.2. The van der Waals surface area contributed by atoms with Crippen LogP contribution in [0, 0.1) is 12.1 Å². The first kappa shape index (κ1) is 47.1. The quantitative estimate of drug-likeness (QED) is 0.123. The molecule has 9 aromatic carbocycles. The minimum atomic E-state index is 0. The number of rotatable bonds is 6. The van der Waals surface area contributed by atoms with Crippen LogP contribution >= 0.6 is 11.3 Å². The standard InChI is InChI=1S/C51H37N2OS.C15H16N.Ir/c1-29(2)40-25-35(47-27-34-14-7-10-19-46(34)55-47)26-41(30(3)4)48(40)53-49-37-16-9-6-13-32(37)22-23-44(49)52-51(53)39-18-11-17-38-43-24-33-21-20-31-12-5-8-15-36(31)42(33)28-45(43)54-50(38)39;1-15(2,3)13-9-10-16-14(11-13)12-7-5-4-6-8-12;/h5-17,19-30H,1-4H3;4-7,9-11H,1-3H3;/q2*-1;. The van der Waals surface area contributed by atoms with Gasteiger partial charge in [0.05, 0.1) is 22.4 Å². The van der Waals surface area contributed by atoms with Gasteiger partial charge in [0.25, 0.3) is 0 Å². The van der Waals surface area contributed by atoms with Crippen LogP contribution in [0.2, 0.25) is 0 Å². The molecule has 13 aromatic rings. The maximum absolute atomic E-state index is 6.95. The third-order valence-electron chi connectivity index (χ3n) is 14.0. The van der Waals surface area contributed by atoms with E-state index in [4.69, 9.17) is 9.40 Å². The Morgan fingerprint density at radius 2 is 1.26 bits per heavy atom. The first-order chi connectivity index (χ1) is 34.5. The molecule has 0 bridgehead atoms. The summed E-state index contributed by atoms with van der Waals surface area (Å²) in [6.07, 6.45) is 1.87. The molecular weight excluding hydrogens is 1080 g/mol. The van der Waals surface area contributed by atoms with Crippen LogP contribution in [-0.4, -0.2) is 14.5 Å². The molecule has 0 atom stereocenters. The van der Waals surface area contributed by atoms with Crippen LogP contribution in [0.1, 0.15) is 77.0 Å². The number of thiophene rings is 1. The van der Waals surface area contributed by atoms with Gasteiger partial charge in [-0.25, -0.2) is 0 Å². The van der Waals surface area contributed by atoms with E-state index in [0.717, 1.165) is 55.6 Å². The van der Waals surface area contributed by atoms with Gasteiger partial charge in [-0.05, 0) is 126 Å². The van der Waals surface area contributed by atoms with E-state index >= 15 is 0 Å². The van der Waals surface area contributed by atoms with Crippen molar-refractivity contribution in [3.8, 4) is 38.8 Å². The Morgan fingerprint density at radius 3 is 1.99 bits per heavy atom. The van der Waals surface area contributed by atoms with Crippen LogP contribution in [-0.2, 0) is 25.5 Å². The van der Waals surface area contributed by atoms with Gasteiger partial charge in [0.15, 0.2) is 0 Å². The van der Waals surface area contributed by atoms with E-state index in [1.807, 2.05) is 47.9 Å². The summed E-state index contributed by atoms with van der Waals surface area (Å²) in [5.74, 6) is 1.33. The molecular formula is C66H53IrN3OS-2. The Bertz CT molecular complexity index is 4110. The summed E-state index contributed by atoms with van der Waals surface area (Å²) in [6, 6.07) is 69.6. The van der Waals surface area contributed by atoms with Crippen molar-refractivity contribution in [3.05, 3.63) is 211 Å². The van der Waals surface area contributed by atoms with Crippen molar-refractivity contribution in [3.63, 3.8) is 0 Å². The van der Waals surface area contributed by atoms with Crippen LogP contribution in [0.5, 0.6) is 0 Å². The number of nitrogens with zero attached hydrogens (tertiary/aromatic N) is 3. The van der Waals surface area contributed by atoms with Gasteiger partial charge in [-0.15, -0.1) is 65.4 Å². The zero-order valence-corrected chi connectivity index (χ0v) is 44.7. The molecule has 0 aliphatic rings. The van der Waals surface area contributed by atoms with Crippen LogP contribution < -0.4 is 0 Å². The van der Waals surface area contributed by atoms with Gasteiger partial charge in [-0.1, -0.05) is 150 Å². The average molecular weight is 1130 g/mol. The third kappa shape index (κ3) is 8.32. The number of benzene rings is 9. The molecule has 1 radical (unpaired) electrons. The van der Waals surface area contributed by atoms with Gasteiger partial charge in [-0.2, -0.15) is 0 Å². The van der Waals surface area contributed by atoms with Crippen molar-refractivity contribution in [2.24, 2.45) is 0 Å². The van der Waals surface area contributed by atoms with Crippen LogP contribution in [0.3, 0.4) is 0 Å². The van der Waals surface area contributed by atoms with Gasteiger partial charge in [0.2, 0.25) is 0 Å². The third-order valence-corrected chi connectivity index (χ3v) is 15.2. The molecule has 4 nitrogen and oxygen atoms in total. The van der Waals surface area contributed by atoms with E-state index in [0.29, 0.717) is 0 Å². The van der Waals surface area contributed by atoms with E-state index in [9.17, 15) is 0 Å². The topological polar surface area (TPSA) is 43.9 Å². The van der Waals surface area contributed by atoms with Crippen molar-refractivity contribution in [2.75, 3.05) is 0 Å². The Kier molecular flexibility index (Phi) is 12.3. The minimum absolute atomic E-state index is 0. The van der Waals surface area contributed by atoms with Gasteiger partial charge in [0, 0.05) is 52.3 Å². The van der Waals surface area contributed by atoms with Crippen LogP contribution in [0.4, 0.5) is 0 Å². The predicted molar refractivity (Wildman–Crippen MR) is 301 cm³/mol. The smallest absolute Gasteiger partial charge is 0.121 e. The molecule has 13 rings (SSSR count). The van der Waals surface area contributed by atoms with Crippen molar-refractivity contribution in [1.82, 2.24) is 14.5 Å². The molecule has 0 saturated heterocycles. The molecule has 0 fully saturated rings. The van der Waals surface area contributed by atoms with E-state index in [1.54, 1.807) is 0 Å². The zero-order valence-electron chi connectivity index (χ0n) is 41.5. The normalized spacial score (nSPS) is 12.0. The van der Waals surface area contributed by atoms with E-state index in [-0.39, 0.29) is 37.4 Å². The summed E-state index contributed by atoms with van der Waals surface area (Å²) in [6.45, 7) is 15.9. The molecule has 0 aliphatic carbocycles. The van der Waals surface area contributed by atoms with E-state index in [2.05, 4.69) is 216 Å². The number of fused-ring (bicyclic) bond motifs is 10. The molecule has 4 heterocycles.